The van der Waals surface area contributed by atoms with E-state index in [1.165, 1.54) is 77.0 Å². The van der Waals surface area contributed by atoms with Crippen molar-refractivity contribution in [1.29, 1.82) is 0 Å². The highest BCUT2D eigenvalue weighted by molar-refractivity contribution is 6.60. The molecule has 0 aromatic heterocycles. The Labute approximate surface area is 158 Å². The van der Waals surface area contributed by atoms with Crippen molar-refractivity contribution in [3.63, 3.8) is 0 Å². The molecule has 0 aliphatic carbocycles. The molecule has 0 unspecified atom stereocenters. The molecule has 0 aromatic carbocycles. The first-order chi connectivity index (χ1) is 12.2. The molecule has 0 radical (unpaired) electrons. The molecule has 0 heterocycles. The summed E-state index contributed by atoms with van der Waals surface area (Å²) in [6.07, 6.45) is 19.5. The van der Waals surface area contributed by atoms with Crippen LogP contribution in [0.5, 0.6) is 0 Å². The van der Waals surface area contributed by atoms with Crippen LogP contribution >= 0.6 is 0 Å². The van der Waals surface area contributed by atoms with E-state index >= 15 is 0 Å². The van der Waals surface area contributed by atoms with E-state index in [-0.39, 0.29) is 0 Å². The summed E-state index contributed by atoms with van der Waals surface area (Å²) >= 11 is 0. The van der Waals surface area contributed by atoms with E-state index in [1.54, 1.807) is 7.11 Å². The predicted octanol–water partition coefficient (Wildman–Crippen LogP) is 6.90. The molecule has 0 aliphatic rings. The largest absolute Gasteiger partial charge is 0.500 e. The maximum atomic E-state index is 5.82. The van der Waals surface area contributed by atoms with Gasteiger partial charge in [0.1, 0.15) is 0 Å². The Morgan fingerprint density at radius 2 is 1.08 bits per heavy atom. The van der Waals surface area contributed by atoms with Crippen LogP contribution in [0.15, 0.2) is 12.7 Å². The standard InChI is InChI=1S/C21H44O3Si/c1-5-8-9-10-11-12-13-14-15-16-17-18-19-20-21-25(22-4,23-6-2)24-7-3/h5H,1,6-21H2,2-4H3. The van der Waals surface area contributed by atoms with Crippen LogP contribution in [0.1, 0.15) is 97.3 Å². The van der Waals surface area contributed by atoms with Crippen LogP contribution in [-0.2, 0) is 13.3 Å². The van der Waals surface area contributed by atoms with Gasteiger partial charge in [-0.15, -0.1) is 6.58 Å². The second kappa shape index (κ2) is 18.6. The third-order valence-corrected chi connectivity index (χ3v) is 7.73. The van der Waals surface area contributed by atoms with E-state index in [1.807, 2.05) is 19.9 Å². The van der Waals surface area contributed by atoms with Crippen molar-refractivity contribution in [2.75, 3.05) is 20.3 Å². The molecule has 0 spiro atoms. The molecule has 0 bridgehead atoms. The van der Waals surface area contributed by atoms with Crippen molar-refractivity contribution in [3.8, 4) is 0 Å². The number of unbranched alkanes of at least 4 members (excludes halogenated alkanes) is 12. The second-order valence-corrected chi connectivity index (χ2v) is 9.67. The normalized spacial score (nSPS) is 11.8. The maximum Gasteiger partial charge on any atom is 0.500 e. The average molecular weight is 373 g/mol. The van der Waals surface area contributed by atoms with Crippen LogP contribution in [0, 0.1) is 0 Å². The highest BCUT2D eigenvalue weighted by atomic mass is 28.4. The summed E-state index contributed by atoms with van der Waals surface area (Å²) in [5, 5.41) is 0. The van der Waals surface area contributed by atoms with E-state index in [4.69, 9.17) is 13.3 Å². The minimum absolute atomic E-state index is 0.675. The van der Waals surface area contributed by atoms with E-state index in [9.17, 15) is 0 Å². The smallest absolute Gasteiger partial charge is 0.377 e. The Morgan fingerprint density at radius 1 is 0.680 bits per heavy atom. The number of allylic oxidation sites excluding steroid dienone is 1. The van der Waals surface area contributed by atoms with Gasteiger partial charge in [0.15, 0.2) is 0 Å². The van der Waals surface area contributed by atoms with Gasteiger partial charge < -0.3 is 13.3 Å². The molecule has 0 aromatic rings. The van der Waals surface area contributed by atoms with Gasteiger partial charge in [0.05, 0.1) is 0 Å². The van der Waals surface area contributed by atoms with Gasteiger partial charge in [-0.2, -0.15) is 0 Å². The lowest BCUT2D eigenvalue weighted by atomic mass is 10.0. The van der Waals surface area contributed by atoms with Crippen LogP contribution in [0.3, 0.4) is 0 Å². The molecule has 0 saturated carbocycles. The monoisotopic (exact) mass is 372 g/mol. The van der Waals surface area contributed by atoms with E-state index in [0.29, 0.717) is 13.2 Å². The lowest BCUT2D eigenvalue weighted by molar-refractivity contribution is 0.0859. The average Bonchev–Trinajstić information content (AvgIpc) is 2.62. The number of hydrogen-bond acceptors (Lipinski definition) is 3. The molecule has 0 saturated heterocycles. The zero-order valence-electron chi connectivity index (χ0n) is 17.3. The summed E-state index contributed by atoms with van der Waals surface area (Å²) < 4.78 is 17.3. The predicted molar refractivity (Wildman–Crippen MR) is 111 cm³/mol. The van der Waals surface area contributed by atoms with Crippen molar-refractivity contribution >= 4 is 8.80 Å². The summed E-state index contributed by atoms with van der Waals surface area (Å²) in [7, 11) is -0.645. The SMILES string of the molecule is C=CCCCCCCCCCCCCCC[Si](OC)(OCC)OCC. The molecule has 0 fully saturated rings. The molecule has 3 nitrogen and oxygen atoms in total. The summed E-state index contributed by atoms with van der Waals surface area (Å²) in [6, 6.07) is 0.955. The minimum Gasteiger partial charge on any atom is -0.377 e. The highest BCUT2D eigenvalue weighted by Gasteiger charge is 2.38. The van der Waals surface area contributed by atoms with Crippen molar-refractivity contribution in [1.82, 2.24) is 0 Å². The van der Waals surface area contributed by atoms with Crippen molar-refractivity contribution < 1.29 is 13.3 Å². The fourth-order valence-corrected chi connectivity index (χ4v) is 5.62. The molecule has 0 N–H and O–H groups in total. The minimum atomic E-state index is -2.38. The van der Waals surface area contributed by atoms with Crippen molar-refractivity contribution in [2.24, 2.45) is 0 Å². The molecule has 0 amide bonds. The molecular weight excluding hydrogens is 328 g/mol. The van der Waals surface area contributed by atoms with Crippen molar-refractivity contribution in [3.05, 3.63) is 12.7 Å². The number of hydrogen-bond donors (Lipinski definition) is 0. The van der Waals surface area contributed by atoms with Gasteiger partial charge in [-0.1, -0.05) is 70.3 Å². The fourth-order valence-electron chi connectivity index (χ4n) is 3.24. The van der Waals surface area contributed by atoms with Gasteiger partial charge in [0, 0.05) is 26.4 Å². The Bertz CT molecular complexity index is 278. The lowest BCUT2D eigenvalue weighted by Crippen LogP contribution is -2.44. The summed E-state index contributed by atoms with van der Waals surface area (Å²) in [4.78, 5) is 0. The maximum absolute atomic E-state index is 5.82. The van der Waals surface area contributed by atoms with Gasteiger partial charge in [-0.05, 0) is 33.1 Å². The zero-order valence-corrected chi connectivity index (χ0v) is 18.3. The topological polar surface area (TPSA) is 27.7 Å². The Hall–Kier alpha value is -0.163. The summed E-state index contributed by atoms with van der Waals surface area (Å²) in [6.45, 7) is 9.15. The van der Waals surface area contributed by atoms with Gasteiger partial charge in [0.2, 0.25) is 0 Å². The molecule has 4 heteroatoms. The molecular formula is C21H44O3Si. The van der Waals surface area contributed by atoms with Crippen LogP contribution in [0.2, 0.25) is 6.04 Å². The van der Waals surface area contributed by atoms with Crippen molar-refractivity contribution in [2.45, 2.75) is 103 Å². The molecule has 150 valence electrons. The van der Waals surface area contributed by atoms with Gasteiger partial charge in [-0.3, -0.25) is 0 Å². The van der Waals surface area contributed by atoms with E-state index in [0.717, 1.165) is 12.5 Å². The van der Waals surface area contributed by atoms with Crippen LogP contribution in [0.4, 0.5) is 0 Å². The third kappa shape index (κ3) is 14.7. The van der Waals surface area contributed by atoms with E-state index < -0.39 is 8.80 Å². The quantitative estimate of drug-likeness (QED) is 0.132. The Balaban J connectivity index is 3.43. The molecule has 0 aliphatic heterocycles. The van der Waals surface area contributed by atoms with Gasteiger partial charge >= 0.3 is 8.80 Å². The van der Waals surface area contributed by atoms with E-state index in [2.05, 4.69) is 6.58 Å². The third-order valence-electron chi connectivity index (χ3n) is 4.68. The fraction of sp³-hybridized carbons (Fsp3) is 0.905. The first kappa shape index (κ1) is 24.8. The second-order valence-electron chi connectivity index (χ2n) is 6.82. The summed E-state index contributed by atoms with van der Waals surface area (Å²) in [5.74, 6) is 0. The van der Waals surface area contributed by atoms with Gasteiger partial charge in [-0.25, -0.2) is 0 Å². The molecule has 25 heavy (non-hydrogen) atoms. The zero-order chi connectivity index (χ0) is 18.6. The number of rotatable bonds is 20. The highest BCUT2D eigenvalue weighted by Crippen LogP contribution is 2.20. The van der Waals surface area contributed by atoms with Crippen LogP contribution < -0.4 is 0 Å². The first-order valence-corrected chi connectivity index (χ1v) is 12.6. The molecule has 0 atom stereocenters. The van der Waals surface area contributed by atoms with Crippen LogP contribution in [-0.4, -0.2) is 29.1 Å². The van der Waals surface area contributed by atoms with Gasteiger partial charge in [0.25, 0.3) is 0 Å². The van der Waals surface area contributed by atoms with Crippen LogP contribution in [0.25, 0.3) is 0 Å². The lowest BCUT2D eigenvalue weighted by Gasteiger charge is -2.27. The summed E-state index contributed by atoms with van der Waals surface area (Å²) in [5.41, 5.74) is 0. The Morgan fingerprint density at radius 3 is 1.44 bits per heavy atom. The Kier molecular flexibility index (Phi) is 18.5. The first-order valence-electron chi connectivity index (χ1n) is 10.7. The molecule has 0 rings (SSSR count).